The standard InChI is InChI=1S/C20H31N3O3/c1-15(2)19(24)22-16-8-9-18(23-11-5-4-6-12-23)17(14-16)20(25)21-10-7-13-26-3/h8-9,14-15H,4-7,10-13H2,1-3H3,(H,21,25)(H,22,24). The van der Waals surface area contributed by atoms with Crippen LogP contribution in [0.3, 0.4) is 0 Å². The lowest BCUT2D eigenvalue weighted by Crippen LogP contribution is -2.33. The predicted octanol–water partition coefficient (Wildman–Crippen LogP) is 3.04. The molecule has 0 saturated carbocycles. The Morgan fingerprint density at radius 2 is 1.92 bits per heavy atom. The number of nitrogens with one attached hydrogen (secondary N) is 2. The number of ether oxygens (including phenoxy) is 1. The fourth-order valence-corrected chi connectivity index (χ4v) is 3.01. The molecule has 26 heavy (non-hydrogen) atoms. The molecule has 2 rings (SSSR count). The van der Waals surface area contributed by atoms with Gasteiger partial charge in [-0.25, -0.2) is 0 Å². The third-order valence-electron chi connectivity index (χ3n) is 4.54. The van der Waals surface area contributed by atoms with Crippen LogP contribution in [-0.4, -0.2) is 45.2 Å². The van der Waals surface area contributed by atoms with Gasteiger partial charge in [0.05, 0.1) is 5.56 Å². The molecule has 2 amide bonds. The van der Waals surface area contributed by atoms with Gasteiger partial charge in [-0.1, -0.05) is 13.8 Å². The second-order valence-electron chi connectivity index (χ2n) is 7.03. The number of methoxy groups -OCH3 is 1. The molecule has 2 N–H and O–H groups in total. The van der Waals surface area contributed by atoms with E-state index in [0.29, 0.717) is 24.4 Å². The number of hydrogen-bond acceptors (Lipinski definition) is 4. The Hall–Kier alpha value is -2.08. The van der Waals surface area contributed by atoms with Crippen LogP contribution in [0.5, 0.6) is 0 Å². The molecule has 144 valence electrons. The number of nitrogens with zero attached hydrogens (tertiary/aromatic N) is 1. The topological polar surface area (TPSA) is 70.7 Å². The highest BCUT2D eigenvalue weighted by Crippen LogP contribution is 2.27. The van der Waals surface area contributed by atoms with E-state index < -0.39 is 0 Å². The molecule has 0 radical (unpaired) electrons. The summed E-state index contributed by atoms with van der Waals surface area (Å²) in [6.45, 7) is 6.80. The summed E-state index contributed by atoms with van der Waals surface area (Å²) in [6.07, 6.45) is 4.28. The Balaban J connectivity index is 2.20. The predicted molar refractivity (Wildman–Crippen MR) is 105 cm³/mol. The van der Waals surface area contributed by atoms with E-state index in [1.807, 2.05) is 26.0 Å². The molecule has 0 aliphatic carbocycles. The summed E-state index contributed by atoms with van der Waals surface area (Å²) in [5.41, 5.74) is 2.22. The minimum absolute atomic E-state index is 0.0535. The van der Waals surface area contributed by atoms with Gasteiger partial charge in [-0.3, -0.25) is 9.59 Å². The van der Waals surface area contributed by atoms with Crippen molar-refractivity contribution in [3.8, 4) is 0 Å². The largest absolute Gasteiger partial charge is 0.385 e. The normalized spacial score (nSPS) is 14.4. The molecule has 1 aliphatic rings. The monoisotopic (exact) mass is 361 g/mol. The first-order valence-corrected chi connectivity index (χ1v) is 9.50. The van der Waals surface area contributed by atoms with Gasteiger partial charge in [0.2, 0.25) is 5.91 Å². The van der Waals surface area contributed by atoms with Crippen LogP contribution in [0.15, 0.2) is 18.2 Å². The lowest BCUT2D eigenvalue weighted by molar-refractivity contribution is -0.118. The third kappa shape index (κ3) is 5.73. The van der Waals surface area contributed by atoms with Crippen LogP contribution in [0.4, 0.5) is 11.4 Å². The summed E-state index contributed by atoms with van der Waals surface area (Å²) in [5, 5.41) is 5.84. The van der Waals surface area contributed by atoms with Crippen LogP contribution in [0, 0.1) is 5.92 Å². The minimum Gasteiger partial charge on any atom is -0.385 e. The van der Waals surface area contributed by atoms with Crippen LogP contribution in [0.1, 0.15) is 49.9 Å². The molecule has 6 nitrogen and oxygen atoms in total. The van der Waals surface area contributed by atoms with Crippen LogP contribution >= 0.6 is 0 Å². The van der Waals surface area contributed by atoms with E-state index in [2.05, 4.69) is 15.5 Å². The first kappa shape index (κ1) is 20.2. The second kappa shape index (κ2) is 10.2. The van der Waals surface area contributed by atoms with Crippen LogP contribution in [0.2, 0.25) is 0 Å². The Morgan fingerprint density at radius 1 is 1.19 bits per heavy atom. The highest BCUT2D eigenvalue weighted by Gasteiger charge is 2.20. The van der Waals surface area contributed by atoms with Gasteiger partial charge in [0.25, 0.3) is 5.91 Å². The molecule has 0 spiro atoms. The first-order valence-electron chi connectivity index (χ1n) is 9.50. The number of anilines is 2. The van der Waals surface area contributed by atoms with Crippen molar-refractivity contribution in [2.75, 3.05) is 43.6 Å². The summed E-state index contributed by atoms with van der Waals surface area (Å²) in [4.78, 5) is 27.0. The quantitative estimate of drug-likeness (QED) is 0.698. The highest BCUT2D eigenvalue weighted by atomic mass is 16.5. The molecular formula is C20H31N3O3. The van der Waals surface area contributed by atoms with Crippen molar-refractivity contribution in [1.29, 1.82) is 0 Å². The van der Waals surface area contributed by atoms with E-state index in [4.69, 9.17) is 4.74 Å². The summed E-state index contributed by atoms with van der Waals surface area (Å²) < 4.78 is 5.03. The number of amides is 2. The SMILES string of the molecule is COCCCNC(=O)c1cc(NC(=O)C(C)C)ccc1N1CCCCC1. The zero-order valence-electron chi connectivity index (χ0n) is 16.1. The molecule has 1 fully saturated rings. The minimum atomic E-state index is -0.109. The maximum atomic E-state index is 12.8. The van der Waals surface area contributed by atoms with Gasteiger partial charge in [0.1, 0.15) is 0 Å². The van der Waals surface area contributed by atoms with Crippen LogP contribution in [0.25, 0.3) is 0 Å². The van der Waals surface area contributed by atoms with Crippen molar-refractivity contribution >= 4 is 23.2 Å². The number of rotatable bonds is 8. The van der Waals surface area contributed by atoms with Gasteiger partial charge in [-0.05, 0) is 43.9 Å². The molecule has 1 aromatic carbocycles. The molecule has 1 aromatic rings. The number of carbonyl (C=O) groups excluding carboxylic acids is 2. The first-order chi connectivity index (χ1) is 12.5. The Kier molecular flexibility index (Phi) is 7.91. The van der Waals surface area contributed by atoms with Crippen molar-refractivity contribution in [2.24, 2.45) is 5.92 Å². The van der Waals surface area contributed by atoms with Crippen LogP contribution < -0.4 is 15.5 Å². The van der Waals surface area contributed by atoms with Gasteiger partial charge in [0, 0.05) is 50.6 Å². The van der Waals surface area contributed by atoms with Crippen LogP contribution in [-0.2, 0) is 9.53 Å². The third-order valence-corrected chi connectivity index (χ3v) is 4.54. The van der Waals surface area contributed by atoms with Gasteiger partial charge in [0.15, 0.2) is 0 Å². The molecular weight excluding hydrogens is 330 g/mol. The Labute approximate surface area is 156 Å². The average Bonchev–Trinajstić information content (AvgIpc) is 2.65. The van der Waals surface area contributed by atoms with Crippen molar-refractivity contribution < 1.29 is 14.3 Å². The number of benzene rings is 1. The summed E-state index contributed by atoms with van der Waals surface area (Å²) in [5.74, 6) is -0.271. The summed E-state index contributed by atoms with van der Waals surface area (Å²) >= 11 is 0. The Bertz CT molecular complexity index is 610. The van der Waals surface area contributed by atoms with E-state index in [1.165, 1.54) is 6.42 Å². The van der Waals surface area contributed by atoms with Crippen molar-refractivity contribution in [3.05, 3.63) is 23.8 Å². The lowest BCUT2D eigenvalue weighted by atomic mass is 10.1. The fraction of sp³-hybridized carbons (Fsp3) is 0.600. The molecule has 0 unspecified atom stereocenters. The summed E-state index contributed by atoms with van der Waals surface area (Å²) in [7, 11) is 1.65. The van der Waals surface area contributed by atoms with E-state index >= 15 is 0 Å². The number of hydrogen-bond donors (Lipinski definition) is 2. The molecule has 6 heteroatoms. The highest BCUT2D eigenvalue weighted by molar-refractivity contribution is 6.02. The van der Waals surface area contributed by atoms with Crippen molar-refractivity contribution in [3.63, 3.8) is 0 Å². The fourth-order valence-electron chi connectivity index (χ4n) is 3.01. The molecule has 1 heterocycles. The van der Waals surface area contributed by atoms with Crippen molar-refractivity contribution in [1.82, 2.24) is 5.32 Å². The van der Waals surface area contributed by atoms with E-state index in [1.54, 1.807) is 13.2 Å². The second-order valence-corrected chi connectivity index (χ2v) is 7.03. The van der Waals surface area contributed by atoms with E-state index in [9.17, 15) is 9.59 Å². The molecule has 1 aliphatic heterocycles. The summed E-state index contributed by atoms with van der Waals surface area (Å²) in [6, 6.07) is 5.62. The maximum absolute atomic E-state index is 12.8. The zero-order valence-corrected chi connectivity index (χ0v) is 16.1. The number of piperidine rings is 1. The van der Waals surface area contributed by atoms with Gasteiger partial charge < -0.3 is 20.3 Å². The van der Waals surface area contributed by atoms with E-state index in [0.717, 1.165) is 38.0 Å². The van der Waals surface area contributed by atoms with Gasteiger partial charge in [-0.15, -0.1) is 0 Å². The average molecular weight is 361 g/mol. The molecule has 0 bridgehead atoms. The lowest BCUT2D eigenvalue weighted by Gasteiger charge is -2.30. The Morgan fingerprint density at radius 3 is 2.58 bits per heavy atom. The molecule has 1 saturated heterocycles. The molecule has 0 atom stereocenters. The van der Waals surface area contributed by atoms with Crippen molar-refractivity contribution in [2.45, 2.75) is 39.5 Å². The van der Waals surface area contributed by atoms with Gasteiger partial charge in [-0.2, -0.15) is 0 Å². The smallest absolute Gasteiger partial charge is 0.253 e. The van der Waals surface area contributed by atoms with E-state index in [-0.39, 0.29) is 17.7 Å². The van der Waals surface area contributed by atoms with Gasteiger partial charge >= 0.3 is 0 Å². The zero-order chi connectivity index (χ0) is 18.9. The number of carbonyl (C=O) groups is 2. The maximum Gasteiger partial charge on any atom is 0.253 e. The molecule has 0 aromatic heterocycles.